The van der Waals surface area contributed by atoms with Gasteiger partial charge in [-0.3, -0.25) is 19.7 Å². The maximum Gasteiger partial charge on any atom is 0.273 e. The molecule has 0 bridgehead atoms. The standard InChI is InChI=1S/C30H33N3O4/c1-22-11-5-6-15-25(22)21-32(29(34)20-24-14-7-10-18-27(24)33(36)37)28(19-23-12-3-2-4-13-23)30(35)31-26-16-8-9-17-26/h2-7,10-15,18,26,28H,8-9,16-17,19-21H2,1H3,(H,31,35)/t28-/m0/s1. The lowest BCUT2D eigenvalue weighted by atomic mass is 9.99. The molecule has 2 amide bonds. The van der Waals surface area contributed by atoms with Gasteiger partial charge in [-0.1, -0.05) is 85.6 Å². The van der Waals surface area contributed by atoms with Crippen LogP contribution in [0.4, 0.5) is 5.69 Å². The Morgan fingerprint density at radius 3 is 2.24 bits per heavy atom. The Kier molecular flexibility index (Phi) is 8.67. The van der Waals surface area contributed by atoms with Gasteiger partial charge in [0.15, 0.2) is 0 Å². The lowest BCUT2D eigenvalue weighted by Gasteiger charge is -2.33. The molecule has 1 fully saturated rings. The highest BCUT2D eigenvalue weighted by Gasteiger charge is 2.33. The lowest BCUT2D eigenvalue weighted by Crippen LogP contribution is -2.52. The number of nitrogens with zero attached hydrogens (tertiary/aromatic N) is 2. The van der Waals surface area contributed by atoms with Gasteiger partial charge in [0.2, 0.25) is 11.8 Å². The summed E-state index contributed by atoms with van der Waals surface area (Å²) in [5, 5.41) is 14.8. The van der Waals surface area contributed by atoms with Gasteiger partial charge in [-0.25, -0.2) is 0 Å². The molecule has 0 aliphatic heterocycles. The second kappa shape index (κ2) is 12.3. The minimum Gasteiger partial charge on any atom is -0.352 e. The Bertz CT molecular complexity index is 1240. The van der Waals surface area contributed by atoms with Gasteiger partial charge in [0.25, 0.3) is 5.69 Å². The van der Waals surface area contributed by atoms with E-state index in [-0.39, 0.29) is 36.5 Å². The first-order valence-electron chi connectivity index (χ1n) is 12.8. The molecule has 1 aliphatic rings. The molecule has 0 heterocycles. The molecule has 7 nitrogen and oxygen atoms in total. The van der Waals surface area contributed by atoms with Crippen molar-refractivity contribution in [3.8, 4) is 0 Å². The van der Waals surface area contributed by atoms with E-state index < -0.39 is 11.0 Å². The van der Waals surface area contributed by atoms with E-state index in [2.05, 4.69) is 5.32 Å². The molecule has 1 atom stereocenters. The first-order valence-corrected chi connectivity index (χ1v) is 12.8. The van der Waals surface area contributed by atoms with Gasteiger partial charge in [-0.2, -0.15) is 0 Å². The van der Waals surface area contributed by atoms with Crippen LogP contribution in [0.25, 0.3) is 0 Å². The first kappa shape index (κ1) is 26.1. The number of para-hydroxylation sites is 1. The van der Waals surface area contributed by atoms with Crippen LogP contribution >= 0.6 is 0 Å². The number of hydrogen-bond donors (Lipinski definition) is 1. The number of carbonyl (C=O) groups is 2. The van der Waals surface area contributed by atoms with Crippen LogP contribution in [0.15, 0.2) is 78.9 Å². The molecule has 1 aliphatic carbocycles. The Morgan fingerprint density at radius 1 is 0.946 bits per heavy atom. The summed E-state index contributed by atoms with van der Waals surface area (Å²) < 4.78 is 0. The monoisotopic (exact) mass is 499 g/mol. The third kappa shape index (κ3) is 6.82. The molecule has 0 radical (unpaired) electrons. The average molecular weight is 500 g/mol. The van der Waals surface area contributed by atoms with Gasteiger partial charge in [0.1, 0.15) is 6.04 Å². The highest BCUT2D eigenvalue weighted by Crippen LogP contribution is 2.23. The number of amides is 2. The van der Waals surface area contributed by atoms with Crippen molar-refractivity contribution < 1.29 is 14.5 Å². The van der Waals surface area contributed by atoms with Crippen molar-refractivity contribution in [2.45, 2.75) is 64.1 Å². The van der Waals surface area contributed by atoms with E-state index in [1.165, 1.54) is 6.07 Å². The molecule has 7 heteroatoms. The van der Waals surface area contributed by atoms with Crippen LogP contribution in [0, 0.1) is 17.0 Å². The third-order valence-electron chi connectivity index (χ3n) is 7.10. The summed E-state index contributed by atoms with van der Waals surface area (Å²) in [7, 11) is 0. The predicted octanol–water partition coefficient (Wildman–Crippen LogP) is 5.14. The normalized spacial score (nSPS) is 14.2. The van der Waals surface area contributed by atoms with Crippen LogP contribution in [0.5, 0.6) is 0 Å². The van der Waals surface area contributed by atoms with Gasteiger partial charge in [-0.15, -0.1) is 0 Å². The molecule has 1 N–H and O–H groups in total. The minimum absolute atomic E-state index is 0.0956. The smallest absolute Gasteiger partial charge is 0.273 e. The molecule has 192 valence electrons. The summed E-state index contributed by atoms with van der Waals surface area (Å²) in [5.74, 6) is -0.500. The van der Waals surface area contributed by atoms with Crippen molar-refractivity contribution >= 4 is 17.5 Å². The van der Waals surface area contributed by atoms with Crippen molar-refractivity contribution in [3.05, 3.63) is 111 Å². The molecule has 0 spiro atoms. The third-order valence-corrected chi connectivity index (χ3v) is 7.10. The van der Waals surface area contributed by atoms with Crippen LogP contribution in [0.1, 0.15) is 47.9 Å². The quantitative estimate of drug-likeness (QED) is 0.309. The van der Waals surface area contributed by atoms with Crippen LogP contribution in [0.3, 0.4) is 0 Å². The second-order valence-electron chi connectivity index (χ2n) is 9.71. The summed E-state index contributed by atoms with van der Waals surface area (Å²) in [6, 6.07) is 23.1. The van der Waals surface area contributed by atoms with Crippen LogP contribution < -0.4 is 5.32 Å². The maximum absolute atomic E-state index is 13.9. The zero-order valence-electron chi connectivity index (χ0n) is 21.1. The van der Waals surface area contributed by atoms with Crippen LogP contribution in [0.2, 0.25) is 0 Å². The average Bonchev–Trinajstić information content (AvgIpc) is 3.41. The number of aryl methyl sites for hydroxylation is 1. The molecule has 37 heavy (non-hydrogen) atoms. The van der Waals surface area contributed by atoms with Gasteiger partial charge in [0, 0.05) is 30.6 Å². The second-order valence-corrected chi connectivity index (χ2v) is 9.71. The van der Waals surface area contributed by atoms with Crippen molar-refractivity contribution in [2.75, 3.05) is 0 Å². The number of nitro benzene ring substituents is 1. The highest BCUT2D eigenvalue weighted by molar-refractivity contribution is 5.89. The van der Waals surface area contributed by atoms with Gasteiger partial charge >= 0.3 is 0 Å². The highest BCUT2D eigenvalue weighted by atomic mass is 16.6. The molecular formula is C30H33N3O4. The van der Waals surface area contributed by atoms with E-state index in [0.29, 0.717) is 12.0 Å². The van der Waals surface area contributed by atoms with Crippen LogP contribution in [-0.2, 0) is 29.0 Å². The fourth-order valence-electron chi connectivity index (χ4n) is 5.00. The number of rotatable bonds is 10. The van der Waals surface area contributed by atoms with Crippen molar-refractivity contribution in [2.24, 2.45) is 0 Å². The van der Waals surface area contributed by atoms with Gasteiger partial charge in [0.05, 0.1) is 11.3 Å². The Morgan fingerprint density at radius 2 is 1.57 bits per heavy atom. The van der Waals surface area contributed by atoms with E-state index in [1.54, 1.807) is 23.1 Å². The zero-order valence-corrected chi connectivity index (χ0v) is 21.1. The Balaban J connectivity index is 1.70. The molecule has 0 unspecified atom stereocenters. The van der Waals surface area contributed by atoms with E-state index in [9.17, 15) is 19.7 Å². The topological polar surface area (TPSA) is 92.6 Å². The first-order chi connectivity index (χ1) is 17.9. The Labute approximate surface area is 217 Å². The minimum atomic E-state index is -0.752. The fourth-order valence-corrected chi connectivity index (χ4v) is 5.00. The molecule has 1 saturated carbocycles. The van der Waals surface area contributed by atoms with Crippen molar-refractivity contribution in [1.29, 1.82) is 0 Å². The largest absolute Gasteiger partial charge is 0.352 e. The van der Waals surface area contributed by atoms with E-state index >= 15 is 0 Å². The van der Waals surface area contributed by atoms with Crippen molar-refractivity contribution in [3.63, 3.8) is 0 Å². The molecular weight excluding hydrogens is 466 g/mol. The van der Waals surface area contributed by atoms with Crippen LogP contribution in [-0.4, -0.2) is 33.7 Å². The number of nitro groups is 1. The number of nitrogens with one attached hydrogen (secondary N) is 1. The number of benzene rings is 3. The molecule has 0 aromatic heterocycles. The number of hydrogen-bond acceptors (Lipinski definition) is 4. The summed E-state index contributed by atoms with van der Waals surface area (Å²) >= 11 is 0. The summed E-state index contributed by atoms with van der Waals surface area (Å²) in [4.78, 5) is 40.4. The summed E-state index contributed by atoms with van der Waals surface area (Å²) in [6.07, 6.45) is 4.23. The molecule has 3 aromatic carbocycles. The Hall–Kier alpha value is -4.00. The summed E-state index contributed by atoms with van der Waals surface area (Å²) in [5.41, 5.74) is 3.14. The SMILES string of the molecule is Cc1ccccc1CN(C(=O)Cc1ccccc1[N+](=O)[O-])[C@@H](Cc1ccccc1)C(=O)NC1CCCC1. The molecule has 3 aromatic rings. The van der Waals surface area contributed by atoms with E-state index in [0.717, 1.165) is 42.4 Å². The fraction of sp³-hybridized carbons (Fsp3) is 0.333. The van der Waals surface area contributed by atoms with Gasteiger partial charge in [-0.05, 0) is 36.5 Å². The molecule has 0 saturated heterocycles. The van der Waals surface area contributed by atoms with E-state index in [1.807, 2.05) is 61.5 Å². The molecule has 4 rings (SSSR count). The van der Waals surface area contributed by atoms with Gasteiger partial charge < -0.3 is 10.2 Å². The predicted molar refractivity (Wildman–Crippen MR) is 143 cm³/mol. The van der Waals surface area contributed by atoms with E-state index in [4.69, 9.17) is 0 Å². The number of carbonyl (C=O) groups excluding carboxylic acids is 2. The summed E-state index contributed by atoms with van der Waals surface area (Å²) in [6.45, 7) is 2.21. The zero-order chi connectivity index (χ0) is 26.2. The maximum atomic E-state index is 13.9. The van der Waals surface area contributed by atoms with Crippen molar-refractivity contribution in [1.82, 2.24) is 10.2 Å². The lowest BCUT2D eigenvalue weighted by molar-refractivity contribution is -0.385.